The van der Waals surface area contributed by atoms with Crippen LogP contribution in [0.4, 0.5) is 0 Å². The average molecular weight is 264 g/mol. The minimum atomic E-state index is 0. The maximum Gasteiger partial charge on any atom is 1.47 e. The molecule has 0 aliphatic carbocycles. The van der Waals surface area contributed by atoms with Crippen molar-refractivity contribution in [2.24, 2.45) is 0 Å². The summed E-state index contributed by atoms with van der Waals surface area (Å²) in [5.74, 6) is 0. The van der Waals surface area contributed by atoms with Gasteiger partial charge in [-0.15, -0.1) is 17.0 Å². The Morgan fingerprint density at radius 3 is 2.14 bits per heavy atom. The first-order chi connectivity index (χ1) is 6.36. The van der Waals surface area contributed by atoms with E-state index in [1.54, 1.807) is 0 Å². The smallest absolute Gasteiger partial charge is 0.400 e. The minimum Gasteiger partial charge on any atom is -0.400 e. The molecule has 0 heterocycles. The maximum absolute atomic E-state index is 7.00. The third-order valence-corrected chi connectivity index (χ3v) is 2.25. The molecule has 0 unspecified atom stereocenters. The summed E-state index contributed by atoms with van der Waals surface area (Å²) in [7, 11) is 1.00. The van der Waals surface area contributed by atoms with Crippen LogP contribution in [0.1, 0.15) is 0 Å². The maximum atomic E-state index is 7.00. The van der Waals surface area contributed by atoms with Gasteiger partial charge < -0.3 is 5.11 Å². The highest BCUT2D eigenvalue weighted by Crippen LogP contribution is 2.09. The van der Waals surface area contributed by atoms with Crippen molar-refractivity contribution in [1.82, 2.24) is 0 Å². The Labute approximate surface area is 107 Å². The van der Waals surface area contributed by atoms with Crippen molar-refractivity contribution in [3.05, 3.63) is 42.5 Å². The van der Waals surface area contributed by atoms with Crippen LogP contribution in [0.5, 0.6) is 0 Å². The van der Waals surface area contributed by atoms with Crippen LogP contribution in [0.3, 0.4) is 0 Å². The van der Waals surface area contributed by atoms with Gasteiger partial charge in [0.15, 0.2) is 0 Å². The zero-order valence-corrected chi connectivity index (χ0v) is 11.2. The summed E-state index contributed by atoms with van der Waals surface area (Å²) in [4.78, 5) is 0. The monoisotopic (exact) mass is 263 g/mol. The summed E-state index contributed by atoms with van der Waals surface area (Å²) >= 11 is 1.92. The second-order valence-electron chi connectivity index (χ2n) is 2.68. The number of benzene rings is 2. The summed E-state index contributed by atoms with van der Waals surface area (Å²) < 4.78 is 1.35. The molecule has 0 aromatic heterocycles. The van der Waals surface area contributed by atoms with E-state index in [-0.39, 0.29) is 17.0 Å². The van der Waals surface area contributed by atoms with Crippen LogP contribution in [0.15, 0.2) is 42.5 Å². The van der Waals surface area contributed by atoms with Crippen LogP contribution in [-0.2, 0) is 0 Å². The molecule has 0 aliphatic heterocycles. The Morgan fingerprint density at radius 2 is 1.50 bits per heavy atom. The summed E-state index contributed by atoms with van der Waals surface area (Å²) in [5, 5.41) is 9.66. The zero-order valence-electron chi connectivity index (χ0n) is 8.10. The number of aliphatic hydroxyl groups is 1. The van der Waals surface area contributed by atoms with Gasteiger partial charge in [-0.05, 0) is 16.8 Å². The SMILES string of the molecule is Br.CO.[Mg+2][c]1ccc2ccccc2c1. The Kier molecular flexibility index (Phi) is 7.18. The molecule has 0 saturated heterocycles. The van der Waals surface area contributed by atoms with E-state index in [2.05, 4.69) is 42.5 Å². The van der Waals surface area contributed by atoms with Gasteiger partial charge in [0, 0.05) is 19.2 Å². The van der Waals surface area contributed by atoms with Crippen molar-refractivity contribution in [1.29, 1.82) is 0 Å². The van der Waals surface area contributed by atoms with E-state index in [0.29, 0.717) is 0 Å². The van der Waals surface area contributed by atoms with Gasteiger partial charge in [-0.3, -0.25) is 0 Å². The second-order valence-corrected chi connectivity index (χ2v) is 3.50. The lowest BCUT2D eigenvalue weighted by Gasteiger charge is -1.90. The van der Waals surface area contributed by atoms with Crippen molar-refractivity contribution < 1.29 is 5.11 Å². The molecule has 0 spiro atoms. The number of fused-ring (bicyclic) bond motifs is 1. The van der Waals surface area contributed by atoms with Gasteiger partial charge in [0.25, 0.3) is 0 Å². The van der Waals surface area contributed by atoms with Crippen molar-refractivity contribution in [2.75, 3.05) is 7.11 Å². The number of hydrogen-bond acceptors (Lipinski definition) is 1. The molecule has 7 radical (unpaired) electrons. The molecule has 14 heavy (non-hydrogen) atoms. The van der Waals surface area contributed by atoms with Crippen LogP contribution < -0.4 is 3.69 Å². The summed E-state index contributed by atoms with van der Waals surface area (Å²) in [5.41, 5.74) is 0. The predicted octanol–water partition coefficient (Wildman–Crippen LogP) is 1.82. The van der Waals surface area contributed by atoms with E-state index in [0.717, 1.165) is 7.11 Å². The Hall–Kier alpha value is -0.0938. The minimum absolute atomic E-state index is 0. The lowest BCUT2D eigenvalue weighted by atomic mass is 10.1. The molecule has 3 heteroatoms. The van der Waals surface area contributed by atoms with Gasteiger partial charge in [-0.25, -0.2) is 0 Å². The van der Waals surface area contributed by atoms with E-state index >= 15 is 0 Å². The molecule has 1 N–H and O–H groups in total. The van der Waals surface area contributed by atoms with Gasteiger partial charge >= 0.3 is 25.4 Å². The third kappa shape index (κ3) is 3.57. The molecule has 2 aromatic rings. The molecule has 0 atom stereocenters. The number of rotatable bonds is 0. The van der Waals surface area contributed by atoms with Crippen molar-refractivity contribution in [3.63, 3.8) is 0 Å². The van der Waals surface area contributed by atoms with Crippen LogP contribution in [-0.4, -0.2) is 33.9 Å². The van der Waals surface area contributed by atoms with E-state index in [1.165, 1.54) is 14.5 Å². The fourth-order valence-corrected chi connectivity index (χ4v) is 1.58. The molecule has 0 saturated carbocycles. The van der Waals surface area contributed by atoms with E-state index < -0.39 is 0 Å². The molecule has 1 nitrogen and oxygen atoms in total. The Bertz CT molecular complexity index is 390. The van der Waals surface area contributed by atoms with Crippen molar-refractivity contribution in [2.45, 2.75) is 0 Å². The van der Waals surface area contributed by atoms with Crippen molar-refractivity contribution in [3.8, 4) is 0 Å². The van der Waals surface area contributed by atoms with Crippen LogP contribution >= 0.6 is 17.0 Å². The first-order valence-electron chi connectivity index (χ1n) is 4.12. The van der Waals surface area contributed by atoms with Crippen LogP contribution in [0.25, 0.3) is 10.8 Å². The molecule has 0 aliphatic rings. The van der Waals surface area contributed by atoms with E-state index in [9.17, 15) is 0 Å². The molecule has 0 amide bonds. The highest BCUT2D eigenvalue weighted by Gasteiger charge is 2.29. The van der Waals surface area contributed by atoms with Crippen LogP contribution in [0, 0.1) is 0 Å². The largest absolute Gasteiger partial charge is 1.47 e. The fraction of sp³-hybridized carbons (Fsp3) is 0.0909. The first-order valence-corrected chi connectivity index (χ1v) is 4.82. The zero-order chi connectivity index (χ0) is 9.68. The van der Waals surface area contributed by atoms with Gasteiger partial charge in [0.1, 0.15) is 0 Å². The fourth-order valence-electron chi connectivity index (χ4n) is 1.24. The van der Waals surface area contributed by atoms with Crippen molar-refractivity contribution >= 4 is 53.2 Å². The van der Waals surface area contributed by atoms with E-state index in [4.69, 9.17) is 5.11 Å². The summed E-state index contributed by atoms with van der Waals surface area (Å²) in [6.07, 6.45) is 0. The molecule has 2 rings (SSSR count). The van der Waals surface area contributed by atoms with Gasteiger partial charge in [-0.1, -0.05) is 24.3 Å². The van der Waals surface area contributed by atoms with Gasteiger partial charge in [0.05, 0.1) is 0 Å². The molecule has 2 aromatic carbocycles. The Balaban J connectivity index is 0.000000531. The molecule has 0 bridgehead atoms. The van der Waals surface area contributed by atoms with Gasteiger partial charge in [-0.2, -0.15) is 0 Å². The number of halogens is 1. The standard InChI is InChI=1S/C10H7.CH4O.BrH.Mg/c1-2-6-10-8-4-3-7-9(10)5-1;1-2;;/h1-3,5-8H;2H,1H3;1H;/q;;;+2. The highest BCUT2D eigenvalue weighted by molar-refractivity contribution is 8.93. The first kappa shape index (κ1) is 13.9. The molecule has 0 fully saturated rings. The number of aliphatic hydroxyl groups excluding tert-OH is 1. The average Bonchev–Trinajstić information content (AvgIpc) is 2.21. The Morgan fingerprint density at radius 1 is 0.929 bits per heavy atom. The highest BCUT2D eigenvalue weighted by atomic mass is 79.9. The topological polar surface area (TPSA) is 20.2 Å². The molecular formula is C11H12BrMgO+2. The third-order valence-electron chi connectivity index (χ3n) is 1.81. The van der Waals surface area contributed by atoms with E-state index in [1.807, 2.05) is 21.7 Å². The second kappa shape index (κ2) is 7.23. The number of hydrogen-bond donors (Lipinski definition) is 1. The summed E-state index contributed by atoms with van der Waals surface area (Å²) in [6, 6.07) is 15.0. The van der Waals surface area contributed by atoms with Crippen LogP contribution in [0.2, 0.25) is 0 Å². The lowest BCUT2D eigenvalue weighted by Crippen LogP contribution is -1.99. The lowest BCUT2D eigenvalue weighted by molar-refractivity contribution is 0.399. The summed E-state index contributed by atoms with van der Waals surface area (Å²) in [6.45, 7) is 0. The molecule has 69 valence electrons. The van der Waals surface area contributed by atoms with Gasteiger partial charge in [0.2, 0.25) is 0 Å². The normalized spacial score (nSPS) is 8.50. The molecular weight excluding hydrogens is 252 g/mol. The quantitative estimate of drug-likeness (QED) is 0.720. The predicted molar refractivity (Wildman–Crippen MR) is 67.8 cm³/mol.